The average Bonchev–Trinajstić information content (AvgIpc) is 2.75. The Bertz CT molecular complexity index is 1800. The van der Waals surface area contributed by atoms with Gasteiger partial charge in [0.15, 0.2) is 0 Å². The average molecular weight is 1240 g/mol. The molecule has 0 spiro atoms. The van der Waals surface area contributed by atoms with Gasteiger partial charge in [-0.15, -0.1) is 0 Å². The molecule has 87 heavy (non-hydrogen) atoms. The van der Waals surface area contributed by atoms with Crippen LogP contribution in [0, 0.1) is 5.41 Å². The molecule has 1 aromatic rings. The summed E-state index contributed by atoms with van der Waals surface area (Å²) in [5.74, 6) is -2.67. The van der Waals surface area contributed by atoms with Crippen LogP contribution >= 0.6 is 0 Å². The van der Waals surface area contributed by atoms with Crippen molar-refractivity contribution in [3.8, 4) is 0 Å². The number of nitrogens with one attached hydrogen (secondary N) is 3. The van der Waals surface area contributed by atoms with E-state index in [4.69, 9.17) is 61.9 Å². The number of hydrogen-bond donors (Lipinski definition) is 5. The van der Waals surface area contributed by atoms with E-state index in [9.17, 15) is 33.9 Å². The van der Waals surface area contributed by atoms with Crippen LogP contribution in [-0.4, -0.2) is 210 Å². The molecule has 0 saturated carbocycles. The van der Waals surface area contributed by atoms with Crippen molar-refractivity contribution in [1.29, 1.82) is 0 Å². The standard InChI is InChI=1S/C64H113N3O20/c1-3-5-6-7-8-10-13-16-22-29-64(62(73)74,30-23-17-14-11-9-12-15-21-26-59(69)70)61(72)66-32-34-77-36-38-79-40-42-81-44-46-83-48-50-85-52-54-86-53-51-84-49-47-82-45-43-80-41-39-78-37-35-76-33-31-65-60(71)58(28-27-57(68)4-2)67-63(75)87-55-56-24-19-18-20-25-56/h18-20,24-25,58H,3-17,21-23,26-55H2,1-2H3,(H,65,71)(H,66,72)(H,67,75)(H,69,70)(H,73,74)/t58-,64?/m0/s1. The van der Waals surface area contributed by atoms with Gasteiger partial charge in [-0.25, -0.2) is 4.79 Å². The van der Waals surface area contributed by atoms with Crippen molar-refractivity contribution >= 4 is 35.6 Å². The van der Waals surface area contributed by atoms with E-state index in [1.54, 1.807) is 6.92 Å². The Kier molecular flexibility index (Phi) is 56.1. The van der Waals surface area contributed by atoms with Crippen molar-refractivity contribution in [2.45, 2.75) is 174 Å². The van der Waals surface area contributed by atoms with E-state index in [-0.39, 0.29) is 58.0 Å². The highest BCUT2D eigenvalue weighted by Gasteiger charge is 2.44. The Morgan fingerprint density at radius 1 is 0.437 bits per heavy atom. The highest BCUT2D eigenvalue weighted by molar-refractivity contribution is 6.01. The van der Waals surface area contributed by atoms with E-state index >= 15 is 0 Å². The molecule has 23 nitrogen and oxygen atoms in total. The fourth-order valence-electron chi connectivity index (χ4n) is 8.90. The molecule has 0 bridgehead atoms. The summed E-state index contributed by atoms with van der Waals surface area (Å²) in [4.78, 5) is 74.1. The maximum absolute atomic E-state index is 13.5. The topological polar surface area (TPSA) is 290 Å². The second-order valence-electron chi connectivity index (χ2n) is 21.2. The first-order chi connectivity index (χ1) is 42.5. The number of carboxylic acids is 2. The minimum atomic E-state index is -1.46. The van der Waals surface area contributed by atoms with Gasteiger partial charge in [0, 0.05) is 32.4 Å². The number of amides is 3. The summed E-state index contributed by atoms with van der Waals surface area (Å²) in [5, 5.41) is 27.4. The predicted molar refractivity (Wildman–Crippen MR) is 329 cm³/mol. The molecular weight excluding hydrogens is 1130 g/mol. The van der Waals surface area contributed by atoms with Crippen LogP contribution in [0.15, 0.2) is 30.3 Å². The number of aliphatic carboxylic acids is 2. The third kappa shape index (κ3) is 50.1. The van der Waals surface area contributed by atoms with E-state index in [1.165, 1.54) is 32.1 Å². The monoisotopic (exact) mass is 1240 g/mol. The summed E-state index contributed by atoms with van der Waals surface area (Å²) >= 11 is 0. The molecule has 0 heterocycles. The van der Waals surface area contributed by atoms with E-state index in [2.05, 4.69) is 22.9 Å². The SMILES string of the molecule is CCCCCCCCCCCC(CCCCCCCCCCC(=O)O)(C(=O)O)C(=O)NCCOCCOCCOCCOCCOCCOCCOCCOCCOCCOCCOCCNC(=O)[C@H](CCC(=O)CC)NC(=O)OCc1ccccc1. The minimum absolute atomic E-state index is 0.00293. The lowest BCUT2D eigenvalue weighted by molar-refractivity contribution is -0.157. The van der Waals surface area contributed by atoms with Gasteiger partial charge < -0.3 is 83.0 Å². The summed E-state index contributed by atoms with van der Waals surface area (Å²) < 4.78 is 66.3. The number of unbranched alkanes of at least 4 members (excludes halogenated alkanes) is 15. The fourth-order valence-corrected chi connectivity index (χ4v) is 8.90. The lowest BCUT2D eigenvalue weighted by Crippen LogP contribution is -2.47. The van der Waals surface area contributed by atoms with Crippen molar-refractivity contribution in [3.05, 3.63) is 35.9 Å². The second kappa shape index (κ2) is 60.5. The van der Waals surface area contributed by atoms with Gasteiger partial charge in [0.05, 0.1) is 145 Å². The molecule has 1 unspecified atom stereocenters. The number of carbonyl (C=O) groups is 6. The largest absolute Gasteiger partial charge is 0.481 e. The van der Waals surface area contributed by atoms with Crippen LogP contribution in [0.4, 0.5) is 4.79 Å². The summed E-state index contributed by atoms with van der Waals surface area (Å²) in [6.45, 7) is 13.1. The predicted octanol–water partition coefficient (Wildman–Crippen LogP) is 8.43. The number of carbonyl (C=O) groups excluding carboxylic acids is 4. The van der Waals surface area contributed by atoms with Gasteiger partial charge in [-0.3, -0.25) is 24.0 Å². The quantitative estimate of drug-likeness (QED) is 0.0302. The molecule has 0 fully saturated rings. The van der Waals surface area contributed by atoms with E-state index in [0.29, 0.717) is 171 Å². The van der Waals surface area contributed by atoms with Crippen LogP contribution in [0.2, 0.25) is 0 Å². The Labute approximate surface area is 519 Å². The second-order valence-corrected chi connectivity index (χ2v) is 21.2. The molecule has 3 amide bonds. The lowest BCUT2D eigenvalue weighted by Gasteiger charge is -2.28. The number of ketones is 1. The highest BCUT2D eigenvalue weighted by atomic mass is 16.6. The van der Waals surface area contributed by atoms with Gasteiger partial charge in [0.2, 0.25) is 11.8 Å². The van der Waals surface area contributed by atoms with E-state index in [1.807, 2.05) is 30.3 Å². The van der Waals surface area contributed by atoms with Crippen LogP contribution in [0.5, 0.6) is 0 Å². The normalized spacial score (nSPS) is 12.4. The van der Waals surface area contributed by atoms with Gasteiger partial charge in [0.25, 0.3) is 0 Å². The molecule has 0 aliphatic rings. The Hall–Kier alpha value is -4.40. The summed E-state index contributed by atoms with van der Waals surface area (Å²) in [7, 11) is 0. The third-order valence-corrected chi connectivity index (χ3v) is 14.0. The van der Waals surface area contributed by atoms with Crippen LogP contribution < -0.4 is 16.0 Å². The molecule has 0 aliphatic carbocycles. The zero-order valence-electron chi connectivity index (χ0n) is 53.1. The van der Waals surface area contributed by atoms with Crippen molar-refractivity contribution in [2.24, 2.45) is 5.41 Å². The van der Waals surface area contributed by atoms with Gasteiger partial charge in [0.1, 0.15) is 23.8 Å². The van der Waals surface area contributed by atoms with Crippen molar-refractivity contribution < 1.29 is 95.8 Å². The van der Waals surface area contributed by atoms with Crippen LogP contribution in [0.25, 0.3) is 0 Å². The first-order valence-electron chi connectivity index (χ1n) is 32.4. The first-order valence-corrected chi connectivity index (χ1v) is 32.4. The molecule has 0 aliphatic heterocycles. The van der Waals surface area contributed by atoms with Crippen LogP contribution in [-0.2, 0) is 87.4 Å². The first kappa shape index (κ1) is 80.6. The maximum atomic E-state index is 13.5. The Balaban J connectivity index is 1.95. The molecule has 0 saturated heterocycles. The summed E-state index contributed by atoms with van der Waals surface area (Å²) in [5.41, 5.74) is -0.643. The van der Waals surface area contributed by atoms with Crippen molar-refractivity contribution in [2.75, 3.05) is 158 Å². The fraction of sp³-hybridized carbons (Fsp3) is 0.812. The van der Waals surface area contributed by atoms with Gasteiger partial charge >= 0.3 is 18.0 Å². The van der Waals surface area contributed by atoms with E-state index in [0.717, 1.165) is 63.4 Å². The molecule has 504 valence electrons. The van der Waals surface area contributed by atoms with Gasteiger partial charge in [-0.1, -0.05) is 147 Å². The number of alkyl carbamates (subject to hydrolysis) is 1. The Morgan fingerprint density at radius 3 is 1.16 bits per heavy atom. The third-order valence-electron chi connectivity index (χ3n) is 14.0. The van der Waals surface area contributed by atoms with Crippen LogP contribution in [0.1, 0.15) is 167 Å². The zero-order chi connectivity index (χ0) is 63.2. The number of ether oxygens (including phenoxy) is 12. The number of benzene rings is 1. The van der Waals surface area contributed by atoms with Gasteiger partial charge in [-0.2, -0.15) is 0 Å². The lowest BCUT2D eigenvalue weighted by atomic mass is 9.76. The zero-order valence-corrected chi connectivity index (χ0v) is 53.1. The summed E-state index contributed by atoms with van der Waals surface area (Å²) in [6.07, 6.45) is 17.9. The molecule has 1 rings (SSSR count). The van der Waals surface area contributed by atoms with Crippen molar-refractivity contribution in [3.63, 3.8) is 0 Å². The number of carboxylic acid groups (broad SMARTS) is 2. The number of Topliss-reactive ketones (excluding diaryl/α,β-unsaturated/α-hetero) is 1. The molecule has 23 heteroatoms. The molecule has 2 atom stereocenters. The molecule has 0 radical (unpaired) electrons. The highest BCUT2D eigenvalue weighted by Crippen LogP contribution is 2.33. The number of rotatable bonds is 67. The van der Waals surface area contributed by atoms with Crippen molar-refractivity contribution in [1.82, 2.24) is 16.0 Å². The van der Waals surface area contributed by atoms with E-state index < -0.39 is 41.3 Å². The van der Waals surface area contributed by atoms with Crippen LogP contribution in [0.3, 0.4) is 0 Å². The Morgan fingerprint density at radius 2 is 0.793 bits per heavy atom. The molecular formula is C64H113N3O20. The maximum Gasteiger partial charge on any atom is 0.408 e. The summed E-state index contributed by atoms with van der Waals surface area (Å²) in [6, 6.07) is 8.27. The molecule has 5 N–H and O–H groups in total. The molecule has 1 aromatic carbocycles. The number of hydrogen-bond acceptors (Lipinski definition) is 18. The minimum Gasteiger partial charge on any atom is -0.481 e. The molecule has 0 aromatic heterocycles. The smallest absolute Gasteiger partial charge is 0.408 e. The van der Waals surface area contributed by atoms with Gasteiger partial charge in [-0.05, 0) is 31.2 Å².